The number of nitrogens with one attached hydrogen (secondary N) is 1. The minimum Gasteiger partial charge on any atom is -0.354 e. The Bertz CT molecular complexity index is 159. The van der Waals surface area contributed by atoms with E-state index in [2.05, 4.69) is 33.2 Å². The summed E-state index contributed by atoms with van der Waals surface area (Å²) in [5.41, 5.74) is 0. The molecule has 1 N–H and O–H groups in total. The maximum atomic E-state index is 10.8. The molecule has 1 saturated carbocycles. The molecule has 0 spiro atoms. The maximum Gasteiger partial charge on any atom is 0.230 e. The zero-order valence-electron chi connectivity index (χ0n) is 7.35. The lowest BCUT2D eigenvalue weighted by Crippen LogP contribution is -2.34. The Morgan fingerprint density at radius 2 is 2.33 bits per heavy atom. The van der Waals surface area contributed by atoms with Gasteiger partial charge in [-0.15, -0.1) is 0 Å². The number of alkyl halides is 1. The van der Waals surface area contributed by atoms with Gasteiger partial charge in [0.1, 0.15) is 0 Å². The Morgan fingerprint density at radius 3 is 2.83 bits per heavy atom. The van der Waals surface area contributed by atoms with Gasteiger partial charge in [0, 0.05) is 19.1 Å². The van der Waals surface area contributed by atoms with E-state index in [1.54, 1.807) is 0 Å². The van der Waals surface area contributed by atoms with Crippen LogP contribution in [-0.4, -0.2) is 42.3 Å². The van der Waals surface area contributed by atoms with E-state index in [1.165, 1.54) is 12.8 Å². The molecule has 70 valence electrons. The van der Waals surface area contributed by atoms with E-state index in [9.17, 15) is 4.79 Å². The predicted octanol–water partition coefficient (Wildman–Crippen LogP) is 0.592. The van der Waals surface area contributed by atoms with E-state index < -0.39 is 0 Å². The van der Waals surface area contributed by atoms with Crippen molar-refractivity contribution in [1.29, 1.82) is 0 Å². The fraction of sp³-hybridized carbons (Fsp3) is 0.875. The molecular weight excluding hydrogens is 220 g/mol. The smallest absolute Gasteiger partial charge is 0.230 e. The van der Waals surface area contributed by atoms with Crippen molar-refractivity contribution in [2.45, 2.75) is 18.9 Å². The third-order valence-corrected chi connectivity index (χ3v) is 2.59. The number of nitrogens with zero attached hydrogens (tertiary/aromatic N) is 1. The van der Waals surface area contributed by atoms with Crippen molar-refractivity contribution in [2.75, 3.05) is 25.5 Å². The van der Waals surface area contributed by atoms with Crippen LogP contribution in [0, 0.1) is 0 Å². The van der Waals surface area contributed by atoms with Crippen LogP contribution in [0.3, 0.4) is 0 Å². The van der Waals surface area contributed by atoms with Gasteiger partial charge in [0.25, 0.3) is 0 Å². The molecule has 0 aromatic heterocycles. The molecule has 0 heterocycles. The second kappa shape index (κ2) is 4.82. The van der Waals surface area contributed by atoms with E-state index >= 15 is 0 Å². The molecule has 0 radical (unpaired) electrons. The van der Waals surface area contributed by atoms with Crippen molar-refractivity contribution in [3.63, 3.8) is 0 Å². The van der Waals surface area contributed by atoms with Gasteiger partial charge in [-0.05, 0) is 19.9 Å². The van der Waals surface area contributed by atoms with Gasteiger partial charge in [0.05, 0.1) is 5.33 Å². The second-order valence-corrected chi connectivity index (χ2v) is 3.76. The van der Waals surface area contributed by atoms with Crippen LogP contribution in [0.25, 0.3) is 0 Å². The summed E-state index contributed by atoms with van der Waals surface area (Å²) in [6.45, 7) is 1.72. The summed E-state index contributed by atoms with van der Waals surface area (Å²) in [6, 6.07) is 0.783. The molecule has 0 aromatic rings. The molecule has 1 aliphatic rings. The molecule has 1 aliphatic carbocycles. The SMILES string of the molecule is CN(CCNC(=O)CBr)C1CC1. The fourth-order valence-electron chi connectivity index (χ4n) is 1.12. The minimum atomic E-state index is 0.0687. The van der Waals surface area contributed by atoms with Crippen LogP contribution in [0.2, 0.25) is 0 Å². The topological polar surface area (TPSA) is 32.3 Å². The zero-order valence-corrected chi connectivity index (χ0v) is 8.93. The van der Waals surface area contributed by atoms with Gasteiger partial charge < -0.3 is 10.2 Å². The Hall–Kier alpha value is -0.0900. The molecule has 0 aliphatic heterocycles. The number of amides is 1. The Labute approximate surface area is 81.6 Å². The van der Waals surface area contributed by atoms with Crippen LogP contribution < -0.4 is 5.32 Å². The predicted molar refractivity (Wildman–Crippen MR) is 52.5 cm³/mol. The van der Waals surface area contributed by atoms with Gasteiger partial charge >= 0.3 is 0 Å². The normalized spacial score (nSPS) is 16.6. The quantitative estimate of drug-likeness (QED) is 0.707. The summed E-state index contributed by atoms with van der Waals surface area (Å²) in [4.78, 5) is 13.1. The van der Waals surface area contributed by atoms with Gasteiger partial charge in [0.2, 0.25) is 5.91 Å². The number of likely N-dealkylation sites (N-methyl/N-ethyl adjacent to an activating group) is 1. The second-order valence-electron chi connectivity index (χ2n) is 3.20. The summed E-state index contributed by atoms with van der Waals surface area (Å²) < 4.78 is 0. The van der Waals surface area contributed by atoms with E-state index in [0.717, 1.165) is 19.1 Å². The highest BCUT2D eigenvalue weighted by atomic mass is 79.9. The van der Waals surface area contributed by atoms with Crippen LogP contribution >= 0.6 is 15.9 Å². The lowest BCUT2D eigenvalue weighted by atomic mass is 10.5. The molecule has 1 rings (SSSR count). The van der Waals surface area contributed by atoms with E-state index in [1.807, 2.05) is 0 Å². The van der Waals surface area contributed by atoms with Gasteiger partial charge in [-0.2, -0.15) is 0 Å². The highest BCUT2D eigenvalue weighted by Gasteiger charge is 2.25. The number of hydrogen-bond acceptors (Lipinski definition) is 2. The Morgan fingerprint density at radius 1 is 1.67 bits per heavy atom. The maximum absolute atomic E-state index is 10.8. The molecule has 4 heteroatoms. The number of carbonyl (C=O) groups excluding carboxylic acids is 1. The highest BCUT2D eigenvalue weighted by molar-refractivity contribution is 9.09. The molecule has 1 amide bonds. The van der Waals surface area contributed by atoms with Crippen molar-refractivity contribution < 1.29 is 4.79 Å². The first-order valence-electron chi connectivity index (χ1n) is 4.27. The molecule has 0 bridgehead atoms. The first-order valence-corrected chi connectivity index (χ1v) is 5.39. The number of hydrogen-bond donors (Lipinski definition) is 1. The van der Waals surface area contributed by atoms with Crippen molar-refractivity contribution in [3.8, 4) is 0 Å². The standard InChI is InChI=1S/C8H15BrN2O/c1-11(7-2-3-7)5-4-10-8(12)6-9/h7H,2-6H2,1H3,(H,10,12). The van der Waals surface area contributed by atoms with E-state index in [-0.39, 0.29) is 5.91 Å². The summed E-state index contributed by atoms with van der Waals surface area (Å²) in [5, 5.41) is 3.22. The van der Waals surface area contributed by atoms with E-state index in [0.29, 0.717) is 5.33 Å². The van der Waals surface area contributed by atoms with Crippen LogP contribution in [-0.2, 0) is 4.79 Å². The van der Waals surface area contributed by atoms with Crippen LogP contribution in [0.15, 0.2) is 0 Å². The summed E-state index contributed by atoms with van der Waals surface area (Å²) >= 11 is 3.10. The summed E-state index contributed by atoms with van der Waals surface area (Å²) in [5.74, 6) is 0.0687. The van der Waals surface area contributed by atoms with Crippen molar-refractivity contribution >= 4 is 21.8 Å². The Kier molecular flexibility index (Phi) is 4.01. The van der Waals surface area contributed by atoms with Gasteiger partial charge in [-0.25, -0.2) is 0 Å². The number of carbonyl (C=O) groups is 1. The molecule has 0 unspecified atom stereocenters. The van der Waals surface area contributed by atoms with Crippen LogP contribution in [0.5, 0.6) is 0 Å². The molecule has 0 atom stereocenters. The molecular formula is C8H15BrN2O. The van der Waals surface area contributed by atoms with Crippen LogP contribution in [0.4, 0.5) is 0 Å². The van der Waals surface area contributed by atoms with Gasteiger partial charge in [-0.1, -0.05) is 15.9 Å². The number of rotatable bonds is 5. The number of halogens is 1. The largest absolute Gasteiger partial charge is 0.354 e. The third kappa shape index (κ3) is 3.54. The van der Waals surface area contributed by atoms with Crippen molar-refractivity contribution in [3.05, 3.63) is 0 Å². The Balaban J connectivity index is 1.97. The third-order valence-electron chi connectivity index (χ3n) is 2.08. The monoisotopic (exact) mass is 234 g/mol. The zero-order chi connectivity index (χ0) is 8.97. The fourth-order valence-corrected chi connectivity index (χ4v) is 1.32. The van der Waals surface area contributed by atoms with Gasteiger partial charge in [0.15, 0.2) is 0 Å². The van der Waals surface area contributed by atoms with Crippen molar-refractivity contribution in [1.82, 2.24) is 10.2 Å². The summed E-state index contributed by atoms with van der Waals surface area (Å²) in [6.07, 6.45) is 2.64. The van der Waals surface area contributed by atoms with Crippen molar-refractivity contribution in [2.24, 2.45) is 0 Å². The molecule has 3 nitrogen and oxygen atoms in total. The highest BCUT2D eigenvalue weighted by Crippen LogP contribution is 2.24. The average molecular weight is 235 g/mol. The first kappa shape index (κ1) is 9.99. The summed E-state index contributed by atoms with van der Waals surface area (Å²) in [7, 11) is 2.11. The lowest BCUT2D eigenvalue weighted by Gasteiger charge is -2.15. The average Bonchev–Trinajstić information content (AvgIpc) is 2.86. The van der Waals surface area contributed by atoms with Crippen LogP contribution in [0.1, 0.15) is 12.8 Å². The lowest BCUT2D eigenvalue weighted by molar-refractivity contribution is -0.118. The molecule has 0 aromatic carbocycles. The minimum absolute atomic E-state index is 0.0687. The molecule has 0 saturated heterocycles. The molecule has 1 fully saturated rings. The first-order chi connectivity index (χ1) is 5.74. The van der Waals surface area contributed by atoms with Gasteiger partial charge in [-0.3, -0.25) is 4.79 Å². The molecule has 12 heavy (non-hydrogen) atoms. The van der Waals surface area contributed by atoms with E-state index in [4.69, 9.17) is 0 Å².